The Kier molecular flexibility index (Phi) is 4.13. The van der Waals surface area contributed by atoms with Gasteiger partial charge in [-0.2, -0.15) is 0 Å². The van der Waals surface area contributed by atoms with Gasteiger partial charge in [-0.15, -0.1) is 0 Å². The second-order valence-electron chi connectivity index (χ2n) is 6.04. The van der Waals surface area contributed by atoms with Crippen LogP contribution in [0.4, 0.5) is 0 Å². The summed E-state index contributed by atoms with van der Waals surface area (Å²) >= 11 is 0. The van der Waals surface area contributed by atoms with Crippen LogP contribution in [0.2, 0.25) is 0 Å². The predicted molar refractivity (Wildman–Crippen MR) is 73.4 cm³/mol. The third-order valence-corrected chi connectivity index (χ3v) is 4.35. The number of nitrogens with one attached hydrogen (secondary N) is 1. The lowest BCUT2D eigenvalue weighted by atomic mass is 9.93. The molecule has 2 rings (SSSR count). The smallest absolute Gasteiger partial charge is 0.242 e. The first-order valence-corrected chi connectivity index (χ1v) is 7.32. The highest BCUT2D eigenvalue weighted by atomic mass is 16.2. The van der Waals surface area contributed by atoms with Crippen LogP contribution in [0.1, 0.15) is 46.0 Å². The molecule has 1 aliphatic heterocycles. The molecule has 1 unspecified atom stereocenters. The van der Waals surface area contributed by atoms with E-state index in [9.17, 15) is 9.59 Å². The fourth-order valence-corrected chi connectivity index (χ4v) is 2.75. The summed E-state index contributed by atoms with van der Waals surface area (Å²) in [5, 5.41) is 2.99. The molecule has 2 aliphatic rings. The van der Waals surface area contributed by atoms with Gasteiger partial charge in [0, 0.05) is 25.6 Å². The van der Waals surface area contributed by atoms with Gasteiger partial charge in [-0.1, -0.05) is 6.92 Å². The van der Waals surface area contributed by atoms with Gasteiger partial charge in [0.15, 0.2) is 0 Å². The molecule has 2 amide bonds. The molecule has 1 saturated heterocycles. The number of rotatable bonds is 4. The fraction of sp³-hybridized carbons (Fsp3) is 0.857. The molecular weight excluding hydrogens is 242 g/mol. The second kappa shape index (κ2) is 5.49. The zero-order chi connectivity index (χ0) is 14.0. The molecule has 0 aromatic carbocycles. The van der Waals surface area contributed by atoms with Crippen LogP contribution in [0.3, 0.4) is 0 Å². The van der Waals surface area contributed by atoms with Gasteiger partial charge in [-0.25, -0.2) is 0 Å². The molecule has 1 saturated carbocycles. The van der Waals surface area contributed by atoms with Crippen LogP contribution < -0.4 is 11.1 Å². The molecule has 0 radical (unpaired) electrons. The summed E-state index contributed by atoms with van der Waals surface area (Å²) in [4.78, 5) is 25.6. The summed E-state index contributed by atoms with van der Waals surface area (Å²) in [6, 6.07) is 0.210. The number of hydrogen-bond acceptors (Lipinski definition) is 3. The van der Waals surface area contributed by atoms with Crippen molar-refractivity contribution in [3.63, 3.8) is 0 Å². The normalized spacial score (nSPS) is 23.8. The minimum Gasteiger partial charge on any atom is -0.353 e. The van der Waals surface area contributed by atoms with E-state index < -0.39 is 5.54 Å². The van der Waals surface area contributed by atoms with Crippen LogP contribution in [0.5, 0.6) is 0 Å². The summed E-state index contributed by atoms with van der Waals surface area (Å²) in [6.45, 7) is 5.11. The molecule has 0 spiro atoms. The first-order valence-electron chi connectivity index (χ1n) is 7.32. The van der Waals surface area contributed by atoms with Gasteiger partial charge in [-0.05, 0) is 38.5 Å². The largest absolute Gasteiger partial charge is 0.353 e. The summed E-state index contributed by atoms with van der Waals surface area (Å²) in [5.74, 6) is 0.527. The Bertz CT molecular complexity index is 356. The summed E-state index contributed by atoms with van der Waals surface area (Å²) in [7, 11) is 0. The Morgan fingerprint density at radius 3 is 2.32 bits per heavy atom. The Labute approximate surface area is 114 Å². The van der Waals surface area contributed by atoms with Gasteiger partial charge in [0.2, 0.25) is 11.8 Å². The lowest BCUT2D eigenvalue weighted by Crippen LogP contribution is -2.57. The SMILES string of the molecule is CCC(=O)NC1CCN(C(=O)C(C)(N)C2CC2)CC1. The van der Waals surface area contributed by atoms with Gasteiger partial charge in [-0.3, -0.25) is 9.59 Å². The molecule has 5 heteroatoms. The maximum absolute atomic E-state index is 12.4. The van der Waals surface area contributed by atoms with Crippen molar-refractivity contribution >= 4 is 11.8 Å². The number of nitrogens with zero attached hydrogens (tertiary/aromatic N) is 1. The van der Waals surface area contributed by atoms with Crippen LogP contribution >= 0.6 is 0 Å². The highest BCUT2D eigenvalue weighted by Gasteiger charge is 2.46. The molecule has 19 heavy (non-hydrogen) atoms. The molecule has 0 bridgehead atoms. The van der Waals surface area contributed by atoms with E-state index in [4.69, 9.17) is 5.73 Å². The summed E-state index contributed by atoms with van der Waals surface area (Å²) in [5.41, 5.74) is 5.48. The number of carbonyl (C=O) groups excluding carboxylic acids is 2. The van der Waals surface area contributed by atoms with Crippen molar-refractivity contribution in [1.29, 1.82) is 0 Å². The molecular formula is C14H25N3O2. The third-order valence-electron chi connectivity index (χ3n) is 4.35. The van der Waals surface area contributed by atoms with E-state index in [1.54, 1.807) is 0 Å². The van der Waals surface area contributed by atoms with Crippen molar-refractivity contribution in [2.24, 2.45) is 11.7 Å². The minimum atomic E-state index is -0.695. The molecule has 0 aromatic rings. The highest BCUT2D eigenvalue weighted by molar-refractivity contribution is 5.86. The van der Waals surface area contributed by atoms with Gasteiger partial charge in [0.05, 0.1) is 5.54 Å². The lowest BCUT2D eigenvalue weighted by Gasteiger charge is -2.37. The molecule has 1 aliphatic carbocycles. The van der Waals surface area contributed by atoms with Crippen LogP contribution in [0.15, 0.2) is 0 Å². The zero-order valence-corrected chi connectivity index (χ0v) is 11.9. The average Bonchev–Trinajstić information content (AvgIpc) is 3.23. The standard InChI is InChI=1S/C14H25N3O2/c1-3-12(18)16-11-6-8-17(9-7-11)13(19)14(2,15)10-4-5-10/h10-11H,3-9,15H2,1-2H3,(H,16,18). The Balaban J connectivity index is 1.82. The predicted octanol–water partition coefficient (Wildman–Crippen LogP) is 0.631. The molecule has 1 heterocycles. The van der Waals surface area contributed by atoms with Crippen molar-refractivity contribution in [3.8, 4) is 0 Å². The third kappa shape index (κ3) is 3.26. The van der Waals surface area contributed by atoms with E-state index in [1.807, 2.05) is 18.7 Å². The number of hydrogen-bond donors (Lipinski definition) is 2. The molecule has 108 valence electrons. The van der Waals surface area contributed by atoms with E-state index in [2.05, 4.69) is 5.32 Å². The first-order chi connectivity index (χ1) is 8.95. The van der Waals surface area contributed by atoms with Crippen molar-refractivity contribution in [1.82, 2.24) is 10.2 Å². The molecule has 3 N–H and O–H groups in total. The van der Waals surface area contributed by atoms with E-state index in [1.165, 1.54) is 0 Å². The van der Waals surface area contributed by atoms with Crippen LogP contribution in [0, 0.1) is 5.92 Å². The summed E-state index contributed by atoms with van der Waals surface area (Å²) in [6.07, 6.45) is 4.32. The van der Waals surface area contributed by atoms with Crippen LogP contribution in [-0.4, -0.2) is 41.4 Å². The fourth-order valence-electron chi connectivity index (χ4n) is 2.75. The monoisotopic (exact) mass is 267 g/mol. The quantitative estimate of drug-likeness (QED) is 0.784. The van der Waals surface area contributed by atoms with Crippen LogP contribution in [-0.2, 0) is 9.59 Å². The molecule has 5 nitrogen and oxygen atoms in total. The van der Waals surface area contributed by atoms with Gasteiger partial charge >= 0.3 is 0 Å². The van der Waals surface area contributed by atoms with Gasteiger partial charge in [0.1, 0.15) is 0 Å². The Morgan fingerprint density at radius 1 is 1.26 bits per heavy atom. The number of amides is 2. The van der Waals surface area contributed by atoms with E-state index >= 15 is 0 Å². The highest BCUT2D eigenvalue weighted by Crippen LogP contribution is 2.39. The number of nitrogens with two attached hydrogens (primary N) is 1. The van der Waals surface area contributed by atoms with Crippen molar-refractivity contribution < 1.29 is 9.59 Å². The first kappa shape index (κ1) is 14.3. The molecule has 2 fully saturated rings. The Hall–Kier alpha value is -1.10. The topological polar surface area (TPSA) is 75.4 Å². The van der Waals surface area contributed by atoms with Crippen molar-refractivity contribution in [3.05, 3.63) is 0 Å². The molecule has 1 atom stereocenters. The maximum Gasteiger partial charge on any atom is 0.242 e. The summed E-state index contributed by atoms with van der Waals surface area (Å²) < 4.78 is 0. The number of carbonyl (C=O) groups is 2. The molecule has 0 aromatic heterocycles. The minimum absolute atomic E-state index is 0.0790. The van der Waals surface area contributed by atoms with E-state index in [0.717, 1.165) is 25.7 Å². The van der Waals surface area contributed by atoms with Gasteiger partial charge in [0.25, 0.3) is 0 Å². The zero-order valence-electron chi connectivity index (χ0n) is 11.9. The van der Waals surface area contributed by atoms with Crippen molar-refractivity contribution in [2.75, 3.05) is 13.1 Å². The Morgan fingerprint density at radius 2 is 1.84 bits per heavy atom. The maximum atomic E-state index is 12.4. The number of likely N-dealkylation sites (tertiary alicyclic amines) is 1. The lowest BCUT2D eigenvalue weighted by molar-refractivity contribution is -0.138. The van der Waals surface area contributed by atoms with E-state index in [0.29, 0.717) is 25.4 Å². The number of piperidine rings is 1. The van der Waals surface area contributed by atoms with Gasteiger partial charge < -0.3 is 16.0 Å². The second-order valence-corrected chi connectivity index (χ2v) is 6.04. The average molecular weight is 267 g/mol. The van der Waals surface area contributed by atoms with Crippen LogP contribution in [0.25, 0.3) is 0 Å². The van der Waals surface area contributed by atoms with E-state index in [-0.39, 0.29) is 17.9 Å². The van der Waals surface area contributed by atoms with Crippen molar-refractivity contribution in [2.45, 2.75) is 57.5 Å².